The molecule has 1 aromatic carbocycles. The third-order valence-electron chi connectivity index (χ3n) is 5.96. The van der Waals surface area contributed by atoms with Gasteiger partial charge in [0.25, 0.3) is 0 Å². The third-order valence-corrected chi connectivity index (χ3v) is 5.96. The molecule has 3 N–H and O–H groups in total. The van der Waals surface area contributed by atoms with Gasteiger partial charge in [-0.1, -0.05) is 13.8 Å². The molecular formula is C22H22F4N6O. The Balaban J connectivity index is 1.57. The minimum atomic E-state index is -4.64. The number of aliphatic hydroxyl groups is 1. The molecule has 33 heavy (non-hydrogen) atoms. The Bertz CT molecular complexity index is 1140. The molecule has 2 heterocycles. The molecule has 174 valence electrons. The van der Waals surface area contributed by atoms with Gasteiger partial charge in [0.15, 0.2) is 0 Å². The number of rotatable bonds is 6. The minimum absolute atomic E-state index is 0.0166. The van der Waals surface area contributed by atoms with E-state index < -0.39 is 23.3 Å². The molecule has 11 heteroatoms. The molecule has 0 amide bonds. The first-order chi connectivity index (χ1) is 15.6. The lowest BCUT2D eigenvalue weighted by Crippen LogP contribution is -2.57. The van der Waals surface area contributed by atoms with E-state index in [1.54, 1.807) is 32.2 Å². The molecule has 2 aromatic heterocycles. The average molecular weight is 462 g/mol. The Kier molecular flexibility index (Phi) is 5.91. The van der Waals surface area contributed by atoms with Gasteiger partial charge in [0, 0.05) is 41.5 Å². The number of hydrogen-bond acceptors (Lipinski definition) is 7. The van der Waals surface area contributed by atoms with Gasteiger partial charge in [-0.15, -0.1) is 0 Å². The van der Waals surface area contributed by atoms with Crippen molar-refractivity contribution in [2.75, 3.05) is 10.6 Å². The maximum atomic E-state index is 13.5. The molecular weight excluding hydrogens is 440 g/mol. The summed E-state index contributed by atoms with van der Waals surface area (Å²) in [5, 5.41) is 15.6. The zero-order chi connectivity index (χ0) is 23.8. The summed E-state index contributed by atoms with van der Waals surface area (Å²) in [4.78, 5) is 16.1. The fourth-order valence-corrected chi connectivity index (χ4v) is 3.63. The summed E-state index contributed by atoms with van der Waals surface area (Å²) in [6.07, 6.45) is -1.29. The van der Waals surface area contributed by atoms with Crippen molar-refractivity contribution in [3.05, 3.63) is 59.9 Å². The molecule has 0 unspecified atom stereocenters. The fourth-order valence-electron chi connectivity index (χ4n) is 3.63. The van der Waals surface area contributed by atoms with Crippen LogP contribution in [0.1, 0.15) is 31.4 Å². The van der Waals surface area contributed by atoms with Gasteiger partial charge in [0.2, 0.25) is 5.95 Å². The SMILES string of the molecule is CC1(C)[C@H](O)C[C@@H]1Nc1nc(NCc2cncnc2-c2ccc(F)cc2)ncc1C(F)(F)F. The first kappa shape index (κ1) is 22.8. The normalized spacial score (nSPS) is 19.6. The third kappa shape index (κ3) is 4.72. The second kappa shape index (κ2) is 8.54. The highest BCUT2D eigenvalue weighted by molar-refractivity contribution is 5.62. The first-order valence-electron chi connectivity index (χ1n) is 10.2. The summed E-state index contributed by atoms with van der Waals surface area (Å²) >= 11 is 0. The molecule has 0 saturated heterocycles. The number of benzene rings is 1. The summed E-state index contributed by atoms with van der Waals surface area (Å²) in [7, 11) is 0. The van der Waals surface area contributed by atoms with Gasteiger partial charge >= 0.3 is 6.18 Å². The summed E-state index contributed by atoms with van der Waals surface area (Å²) in [5.74, 6) is -0.752. The van der Waals surface area contributed by atoms with Gasteiger partial charge in [-0.25, -0.2) is 19.3 Å². The zero-order valence-electron chi connectivity index (χ0n) is 17.9. The molecule has 0 spiro atoms. The summed E-state index contributed by atoms with van der Waals surface area (Å²) < 4.78 is 53.8. The molecule has 1 saturated carbocycles. The number of aliphatic hydroxyl groups excluding tert-OH is 1. The number of nitrogens with zero attached hydrogens (tertiary/aromatic N) is 4. The van der Waals surface area contributed by atoms with Crippen LogP contribution in [0.15, 0.2) is 43.0 Å². The van der Waals surface area contributed by atoms with E-state index in [0.29, 0.717) is 23.2 Å². The van der Waals surface area contributed by atoms with Crippen LogP contribution in [-0.4, -0.2) is 37.2 Å². The maximum absolute atomic E-state index is 13.5. The largest absolute Gasteiger partial charge is 0.421 e. The minimum Gasteiger partial charge on any atom is -0.392 e. The molecule has 7 nitrogen and oxygen atoms in total. The van der Waals surface area contributed by atoms with Crippen LogP contribution in [0.2, 0.25) is 0 Å². The van der Waals surface area contributed by atoms with Crippen LogP contribution in [0, 0.1) is 11.2 Å². The Morgan fingerprint density at radius 2 is 1.85 bits per heavy atom. The average Bonchev–Trinajstić information content (AvgIpc) is 2.77. The second-order valence-electron chi connectivity index (χ2n) is 8.48. The quantitative estimate of drug-likeness (QED) is 0.471. The van der Waals surface area contributed by atoms with Gasteiger partial charge in [0.1, 0.15) is 23.5 Å². The Labute approximate surface area is 187 Å². The standard InChI is InChI=1S/C22H22F4N6O/c1-21(2)16(7-17(21)33)31-19-15(22(24,25)26)10-29-20(32-19)28-9-13-8-27-11-30-18(13)12-3-5-14(23)6-4-12/h3-6,8,10-11,16-17,33H,7,9H2,1-2H3,(H2,28,29,31,32)/t16-,17+/m0/s1. The summed E-state index contributed by atoms with van der Waals surface area (Å²) in [5.41, 5.74) is 0.267. The molecule has 1 fully saturated rings. The Morgan fingerprint density at radius 3 is 2.48 bits per heavy atom. The van der Waals surface area contributed by atoms with E-state index in [-0.39, 0.29) is 30.2 Å². The van der Waals surface area contributed by atoms with E-state index in [1.165, 1.54) is 18.5 Å². The van der Waals surface area contributed by atoms with E-state index in [1.807, 2.05) is 0 Å². The lowest BCUT2D eigenvalue weighted by molar-refractivity contribution is -0.137. The number of nitrogens with one attached hydrogen (secondary N) is 2. The molecule has 0 radical (unpaired) electrons. The van der Waals surface area contributed by atoms with E-state index in [4.69, 9.17) is 0 Å². The van der Waals surface area contributed by atoms with Crippen molar-refractivity contribution in [1.29, 1.82) is 0 Å². The number of hydrogen-bond donors (Lipinski definition) is 3. The van der Waals surface area contributed by atoms with Crippen LogP contribution in [0.3, 0.4) is 0 Å². The van der Waals surface area contributed by atoms with E-state index >= 15 is 0 Å². The molecule has 1 aliphatic rings. The number of anilines is 2. The van der Waals surface area contributed by atoms with Crippen molar-refractivity contribution in [2.45, 2.75) is 45.1 Å². The number of aromatic nitrogens is 4. The zero-order valence-corrected chi connectivity index (χ0v) is 17.9. The molecule has 1 aliphatic carbocycles. The van der Waals surface area contributed by atoms with Crippen molar-refractivity contribution in [2.24, 2.45) is 5.41 Å². The van der Waals surface area contributed by atoms with Crippen molar-refractivity contribution < 1.29 is 22.7 Å². The Morgan fingerprint density at radius 1 is 1.12 bits per heavy atom. The highest BCUT2D eigenvalue weighted by atomic mass is 19.4. The van der Waals surface area contributed by atoms with E-state index in [9.17, 15) is 22.7 Å². The predicted octanol–water partition coefficient (Wildman–Crippen LogP) is 4.27. The highest BCUT2D eigenvalue weighted by Gasteiger charge is 2.48. The summed E-state index contributed by atoms with van der Waals surface area (Å²) in [6.45, 7) is 3.68. The van der Waals surface area contributed by atoms with Crippen molar-refractivity contribution in [3.8, 4) is 11.3 Å². The van der Waals surface area contributed by atoms with Gasteiger partial charge in [0.05, 0.1) is 11.8 Å². The monoisotopic (exact) mass is 462 g/mol. The van der Waals surface area contributed by atoms with Crippen LogP contribution < -0.4 is 10.6 Å². The van der Waals surface area contributed by atoms with Crippen LogP contribution in [0.4, 0.5) is 29.3 Å². The van der Waals surface area contributed by atoms with Crippen molar-refractivity contribution in [3.63, 3.8) is 0 Å². The second-order valence-corrected chi connectivity index (χ2v) is 8.48. The smallest absolute Gasteiger partial charge is 0.392 e. The van der Waals surface area contributed by atoms with Gasteiger partial charge < -0.3 is 15.7 Å². The summed E-state index contributed by atoms with van der Waals surface area (Å²) in [6, 6.07) is 5.40. The molecule has 0 aliphatic heterocycles. The van der Waals surface area contributed by atoms with Crippen LogP contribution >= 0.6 is 0 Å². The van der Waals surface area contributed by atoms with Gasteiger partial charge in [-0.3, -0.25) is 0 Å². The van der Waals surface area contributed by atoms with Crippen molar-refractivity contribution in [1.82, 2.24) is 19.9 Å². The number of halogens is 4. The maximum Gasteiger partial charge on any atom is 0.421 e. The lowest BCUT2D eigenvalue weighted by atomic mass is 9.64. The fraction of sp³-hybridized carbons (Fsp3) is 0.364. The van der Waals surface area contributed by atoms with E-state index in [2.05, 4.69) is 30.6 Å². The van der Waals surface area contributed by atoms with Crippen molar-refractivity contribution >= 4 is 11.8 Å². The Hall–Kier alpha value is -3.34. The van der Waals surface area contributed by atoms with Crippen LogP contribution in [0.25, 0.3) is 11.3 Å². The highest BCUT2D eigenvalue weighted by Crippen LogP contribution is 2.43. The molecule has 2 atom stereocenters. The van der Waals surface area contributed by atoms with Gasteiger partial charge in [-0.2, -0.15) is 18.2 Å². The molecule has 4 rings (SSSR count). The van der Waals surface area contributed by atoms with Gasteiger partial charge in [-0.05, 0) is 30.7 Å². The number of alkyl halides is 3. The van der Waals surface area contributed by atoms with Crippen LogP contribution in [0.5, 0.6) is 0 Å². The van der Waals surface area contributed by atoms with E-state index in [0.717, 1.165) is 6.20 Å². The topological polar surface area (TPSA) is 95.8 Å². The molecule has 3 aromatic rings. The molecule has 0 bridgehead atoms. The predicted molar refractivity (Wildman–Crippen MR) is 114 cm³/mol. The first-order valence-corrected chi connectivity index (χ1v) is 10.2. The van der Waals surface area contributed by atoms with Crippen LogP contribution in [-0.2, 0) is 12.7 Å². The lowest BCUT2D eigenvalue weighted by Gasteiger charge is -2.49.